The van der Waals surface area contributed by atoms with E-state index in [0.717, 1.165) is 12.8 Å². The van der Waals surface area contributed by atoms with Crippen molar-refractivity contribution in [2.75, 3.05) is 0 Å². The minimum Gasteiger partial charge on any atom is -0.103 e. The van der Waals surface area contributed by atoms with E-state index in [1.807, 2.05) is 12.2 Å². The number of alkyl halides is 1. The lowest BCUT2D eigenvalue weighted by Crippen LogP contribution is -1.90. The Labute approximate surface area is 64.8 Å². The van der Waals surface area contributed by atoms with Crippen LogP contribution >= 0.6 is 22.6 Å². The third kappa shape index (κ3) is 4.37. The van der Waals surface area contributed by atoms with Crippen molar-refractivity contribution >= 4 is 22.6 Å². The maximum absolute atomic E-state index is 3.64. The maximum atomic E-state index is 3.64. The summed E-state index contributed by atoms with van der Waals surface area (Å²) in [6.07, 6.45) is 6.07. The normalized spacial score (nSPS) is 9.25. The van der Waals surface area contributed by atoms with E-state index in [2.05, 4.69) is 35.7 Å². The molecule has 0 atom stereocenters. The van der Waals surface area contributed by atoms with Crippen LogP contribution < -0.4 is 0 Å². The molecule has 0 radical (unpaired) electrons. The van der Waals surface area contributed by atoms with Crippen LogP contribution in [0.4, 0.5) is 0 Å². The van der Waals surface area contributed by atoms with Gasteiger partial charge in [-0.2, -0.15) is 0 Å². The molecule has 0 spiro atoms. The van der Waals surface area contributed by atoms with Gasteiger partial charge in [-0.1, -0.05) is 34.7 Å². The van der Waals surface area contributed by atoms with Crippen molar-refractivity contribution in [3.63, 3.8) is 0 Å². The van der Waals surface area contributed by atoms with Crippen molar-refractivity contribution in [2.24, 2.45) is 0 Å². The van der Waals surface area contributed by atoms with Crippen molar-refractivity contribution < 1.29 is 0 Å². The first kappa shape index (κ1) is 8.21. The van der Waals surface area contributed by atoms with Gasteiger partial charge < -0.3 is 0 Å². The van der Waals surface area contributed by atoms with Crippen LogP contribution in [0.25, 0.3) is 0 Å². The first-order valence-electron chi connectivity index (χ1n) is 2.67. The molecule has 0 nitrogen and oxygen atoms in total. The smallest absolute Gasteiger partial charge is 0.0178 e. The maximum Gasteiger partial charge on any atom is 0.0178 e. The lowest BCUT2D eigenvalue weighted by Gasteiger charge is -1.99. The summed E-state index contributed by atoms with van der Waals surface area (Å²) >= 11 is 2.40. The Bertz CT molecular complexity index is 66.5. The topological polar surface area (TPSA) is 0 Å². The summed E-state index contributed by atoms with van der Waals surface area (Å²) in [4.78, 5) is 0. The average Bonchev–Trinajstić information content (AvgIpc) is 1.68. The zero-order valence-electron chi connectivity index (χ0n) is 4.94. The fraction of sp³-hybridized carbons (Fsp3) is 0.429. The largest absolute Gasteiger partial charge is 0.103 e. The molecule has 0 fully saturated rings. The van der Waals surface area contributed by atoms with Gasteiger partial charge in [0.15, 0.2) is 0 Å². The lowest BCUT2D eigenvalue weighted by molar-refractivity contribution is 0.928. The summed E-state index contributed by atoms with van der Waals surface area (Å²) in [5.74, 6) is 0. The van der Waals surface area contributed by atoms with E-state index in [4.69, 9.17) is 0 Å². The summed E-state index contributed by atoms with van der Waals surface area (Å²) in [6, 6.07) is 0. The molecule has 0 amide bonds. The second-order valence-electron chi connectivity index (χ2n) is 1.65. The van der Waals surface area contributed by atoms with Crippen LogP contribution in [0.3, 0.4) is 0 Å². The van der Waals surface area contributed by atoms with Crippen LogP contribution in [0.1, 0.15) is 12.8 Å². The summed E-state index contributed by atoms with van der Waals surface area (Å²) in [6.45, 7) is 7.29. The minimum atomic E-state index is 0.697. The van der Waals surface area contributed by atoms with Crippen LogP contribution in [0, 0.1) is 0 Å². The SMILES string of the molecule is C=CCC(I)CC=C. The molecule has 0 aromatic rings. The Kier molecular flexibility index (Phi) is 5.49. The molecule has 0 aliphatic carbocycles. The highest BCUT2D eigenvalue weighted by molar-refractivity contribution is 14.1. The second kappa shape index (κ2) is 5.35. The van der Waals surface area contributed by atoms with Crippen LogP contribution in [0.2, 0.25) is 0 Å². The highest BCUT2D eigenvalue weighted by atomic mass is 127. The van der Waals surface area contributed by atoms with Crippen molar-refractivity contribution in [3.8, 4) is 0 Å². The molecule has 0 saturated carbocycles. The zero-order chi connectivity index (χ0) is 6.41. The third-order valence-electron chi connectivity index (χ3n) is 0.845. The Hall–Kier alpha value is 0.210. The summed E-state index contributed by atoms with van der Waals surface area (Å²) in [5, 5.41) is 0. The van der Waals surface area contributed by atoms with Gasteiger partial charge >= 0.3 is 0 Å². The first-order chi connectivity index (χ1) is 3.81. The fourth-order valence-electron chi connectivity index (χ4n) is 0.458. The standard InChI is InChI=1S/C7H11I/c1-3-5-7(8)6-4-2/h3-4,7H,1-2,5-6H2. The Morgan fingerprint density at radius 3 is 1.88 bits per heavy atom. The van der Waals surface area contributed by atoms with Gasteiger partial charge in [0.25, 0.3) is 0 Å². The molecule has 0 N–H and O–H groups in total. The van der Waals surface area contributed by atoms with Gasteiger partial charge in [0.2, 0.25) is 0 Å². The van der Waals surface area contributed by atoms with Crippen LogP contribution in [-0.4, -0.2) is 3.92 Å². The molecule has 46 valence electrons. The van der Waals surface area contributed by atoms with Gasteiger partial charge in [-0.25, -0.2) is 0 Å². The lowest BCUT2D eigenvalue weighted by atomic mass is 10.2. The number of halogens is 1. The van der Waals surface area contributed by atoms with Crippen molar-refractivity contribution in [3.05, 3.63) is 25.3 Å². The van der Waals surface area contributed by atoms with E-state index in [1.165, 1.54) is 0 Å². The highest BCUT2D eigenvalue weighted by Crippen LogP contribution is 2.10. The number of rotatable bonds is 4. The Morgan fingerprint density at radius 1 is 1.25 bits per heavy atom. The molecule has 1 heteroatoms. The number of allylic oxidation sites excluding steroid dienone is 2. The molecule has 0 rings (SSSR count). The van der Waals surface area contributed by atoms with Gasteiger partial charge in [0.1, 0.15) is 0 Å². The molecule has 0 aromatic heterocycles. The molecular weight excluding hydrogens is 211 g/mol. The average molecular weight is 222 g/mol. The molecular formula is C7H11I. The molecule has 0 unspecified atom stereocenters. The molecule has 0 aliphatic rings. The summed E-state index contributed by atoms with van der Waals surface area (Å²) in [7, 11) is 0. The first-order valence-corrected chi connectivity index (χ1v) is 3.91. The van der Waals surface area contributed by atoms with E-state index in [-0.39, 0.29) is 0 Å². The fourth-order valence-corrected chi connectivity index (χ4v) is 1.18. The van der Waals surface area contributed by atoms with E-state index in [1.54, 1.807) is 0 Å². The van der Waals surface area contributed by atoms with Crippen LogP contribution in [-0.2, 0) is 0 Å². The Balaban J connectivity index is 3.16. The van der Waals surface area contributed by atoms with Gasteiger partial charge in [0.05, 0.1) is 0 Å². The van der Waals surface area contributed by atoms with Crippen LogP contribution in [0.15, 0.2) is 25.3 Å². The molecule has 8 heavy (non-hydrogen) atoms. The van der Waals surface area contributed by atoms with Crippen LogP contribution in [0.5, 0.6) is 0 Å². The third-order valence-corrected chi connectivity index (χ3v) is 1.86. The predicted octanol–water partition coefficient (Wildman–Crippen LogP) is 2.94. The van der Waals surface area contributed by atoms with E-state index in [0.29, 0.717) is 3.92 Å². The summed E-state index contributed by atoms with van der Waals surface area (Å²) < 4.78 is 0.697. The van der Waals surface area contributed by atoms with Gasteiger partial charge in [-0.05, 0) is 12.8 Å². The van der Waals surface area contributed by atoms with Gasteiger partial charge in [-0.3, -0.25) is 0 Å². The quantitative estimate of drug-likeness (QED) is 0.389. The second-order valence-corrected chi connectivity index (χ2v) is 3.41. The van der Waals surface area contributed by atoms with E-state index >= 15 is 0 Å². The molecule has 0 aromatic carbocycles. The van der Waals surface area contributed by atoms with Crippen molar-refractivity contribution in [1.29, 1.82) is 0 Å². The highest BCUT2D eigenvalue weighted by Gasteiger charge is 1.94. The predicted molar refractivity (Wildman–Crippen MR) is 47.4 cm³/mol. The minimum absolute atomic E-state index is 0.697. The molecule has 0 bridgehead atoms. The van der Waals surface area contributed by atoms with Crippen molar-refractivity contribution in [1.82, 2.24) is 0 Å². The van der Waals surface area contributed by atoms with E-state index < -0.39 is 0 Å². The monoisotopic (exact) mass is 222 g/mol. The van der Waals surface area contributed by atoms with E-state index in [9.17, 15) is 0 Å². The zero-order valence-corrected chi connectivity index (χ0v) is 7.10. The van der Waals surface area contributed by atoms with Gasteiger partial charge in [-0.15, -0.1) is 13.2 Å². The molecule has 0 heterocycles. The van der Waals surface area contributed by atoms with Crippen molar-refractivity contribution in [2.45, 2.75) is 16.8 Å². The summed E-state index contributed by atoms with van der Waals surface area (Å²) in [5.41, 5.74) is 0. The molecule has 0 aliphatic heterocycles. The van der Waals surface area contributed by atoms with Gasteiger partial charge in [0, 0.05) is 3.92 Å². The Morgan fingerprint density at radius 2 is 1.62 bits per heavy atom. The number of hydrogen-bond donors (Lipinski definition) is 0. The number of hydrogen-bond acceptors (Lipinski definition) is 0. The molecule has 0 saturated heterocycles.